The predicted molar refractivity (Wildman–Crippen MR) is 59.6 cm³/mol. The van der Waals surface area contributed by atoms with E-state index in [4.69, 9.17) is 9.84 Å². The lowest BCUT2D eigenvalue weighted by molar-refractivity contribution is -0.159. The summed E-state index contributed by atoms with van der Waals surface area (Å²) in [6, 6.07) is -0.796. The van der Waals surface area contributed by atoms with Crippen LogP contribution in [0.5, 0.6) is 0 Å². The molecule has 0 heterocycles. The van der Waals surface area contributed by atoms with Gasteiger partial charge in [-0.2, -0.15) is 0 Å². The van der Waals surface area contributed by atoms with Crippen LogP contribution in [0.1, 0.15) is 40.0 Å². The molecule has 0 unspecified atom stereocenters. The molecule has 17 heavy (non-hydrogen) atoms. The van der Waals surface area contributed by atoms with Gasteiger partial charge in [-0.05, 0) is 40.0 Å². The van der Waals surface area contributed by atoms with Gasteiger partial charge in [-0.25, -0.2) is 9.59 Å². The van der Waals surface area contributed by atoms with E-state index in [1.54, 1.807) is 20.8 Å². The van der Waals surface area contributed by atoms with Gasteiger partial charge in [-0.3, -0.25) is 0 Å². The highest BCUT2D eigenvalue weighted by Crippen LogP contribution is 2.30. The summed E-state index contributed by atoms with van der Waals surface area (Å²) in [6.45, 7) is 5.14. The quantitative estimate of drug-likeness (QED) is 0.671. The topological polar surface area (TPSA) is 95.9 Å². The first kappa shape index (κ1) is 13.8. The van der Waals surface area contributed by atoms with Crippen molar-refractivity contribution in [3.63, 3.8) is 0 Å². The molecule has 0 bridgehead atoms. The van der Waals surface area contributed by atoms with Crippen LogP contribution in [0.15, 0.2) is 0 Å². The second-order valence-electron chi connectivity index (χ2n) is 5.32. The molecular formula is C11H19NO5. The molecule has 6 nitrogen and oxygen atoms in total. The number of alkyl carbamates (subject to hydrolysis) is 1. The third-order valence-corrected chi connectivity index (χ3v) is 2.69. The van der Waals surface area contributed by atoms with E-state index in [9.17, 15) is 14.7 Å². The van der Waals surface area contributed by atoms with E-state index in [0.29, 0.717) is 12.8 Å². The fraction of sp³-hybridized carbons (Fsp3) is 0.818. The van der Waals surface area contributed by atoms with Crippen LogP contribution in [0.3, 0.4) is 0 Å². The molecule has 0 aromatic rings. The highest BCUT2D eigenvalue weighted by Gasteiger charge is 2.48. The third kappa shape index (κ3) is 3.33. The SMILES string of the molecule is CC(C)(C)OC(=O)N[C@@H]1CCC[C@]1(O)C(=O)O. The average molecular weight is 245 g/mol. The van der Waals surface area contributed by atoms with E-state index in [1.165, 1.54) is 0 Å². The first-order valence-corrected chi connectivity index (χ1v) is 5.60. The molecule has 1 fully saturated rings. The Morgan fingerprint density at radius 1 is 1.41 bits per heavy atom. The number of aliphatic carboxylic acids is 1. The van der Waals surface area contributed by atoms with E-state index in [0.717, 1.165) is 0 Å². The first-order valence-electron chi connectivity index (χ1n) is 5.60. The standard InChI is InChI=1S/C11H19NO5/c1-10(2,3)17-9(15)12-7-5-4-6-11(7,16)8(13)14/h7,16H,4-6H2,1-3H3,(H,12,15)(H,13,14)/t7-,11-/m1/s1. The Morgan fingerprint density at radius 3 is 2.47 bits per heavy atom. The minimum atomic E-state index is -1.88. The monoisotopic (exact) mass is 245 g/mol. The number of carbonyl (C=O) groups is 2. The highest BCUT2D eigenvalue weighted by atomic mass is 16.6. The normalized spacial score (nSPS) is 28.8. The van der Waals surface area contributed by atoms with E-state index in [1.807, 2.05) is 0 Å². The zero-order chi connectivity index (χ0) is 13.3. The number of carbonyl (C=O) groups excluding carboxylic acids is 1. The van der Waals surface area contributed by atoms with E-state index in [-0.39, 0.29) is 6.42 Å². The maximum Gasteiger partial charge on any atom is 0.407 e. The zero-order valence-electron chi connectivity index (χ0n) is 10.3. The summed E-state index contributed by atoms with van der Waals surface area (Å²) in [4.78, 5) is 22.4. The van der Waals surface area contributed by atoms with Gasteiger partial charge in [0.2, 0.25) is 0 Å². The van der Waals surface area contributed by atoms with Crippen LogP contribution in [0.2, 0.25) is 0 Å². The van der Waals surface area contributed by atoms with Crippen LogP contribution in [-0.2, 0) is 9.53 Å². The molecule has 1 aliphatic rings. The lowest BCUT2D eigenvalue weighted by Gasteiger charge is -2.28. The maximum atomic E-state index is 11.5. The molecule has 0 saturated heterocycles. The molecule has 6 heteroatoms. The van der Waals surface area contributed by atoms with Crippen LogP contribution in [0.25, 0.3) is 0 Å². The number of hydrogen-bond acceptors (Lipinski definition) is 4. The molecular weight excluding hydrogens is 226 g/mol. The van der Waals surface area contributed by atoms with Crippen LogP contribution in [0.4, 0.5) is 4.79 Å². The Kier molecular flexibility index (Phi) is 3.66. The first-order chi connectivity index (χ1) is 7.65. The summed E-state index contributed by atoms with van der Waals surface area (Å²) in [6.07, 6.45) is 0.428. The van der Waals surface area contributed by atoms with Gasteiger partial charge in [0.05, 0.1) is 6.04 Å². The van der Waals surface area contributed by atoms with Crippen molar-refractivity contribution >= 4 is 12.1 Å². The van der Waals surface area contributed by atoms with Crippen molar-refractivity contribution in [1.29, 1.82) is 0 Å². The van der Waals surface area contributed by atoms with Gasteiger partial charge in [0.1, 0.15) is 5.60 Å². The highest BCUT2D eigenvalue weighted by molar-refractivity contribution is 5.80. The maximum absolute atomic E-state index is 11.5. The minimum absolute atomic E-state index is 0.142. The van der Waals surface area contributed by atoms with Crippen molar-refractivity contribution in [3.05, 3.63) is 0 Å². The molecule has 1 amide bonds. The van der Waals surface area contributed by atoms with Crippen molar-refractivity contribution in [2.45, 2.75) is 57.3 Å². The Bertz CT molecular complexity index is 322. The van der Waals surface area contributed by atoms with Crippen LogP contribution >= 0.6 is 0 Å². The molecule has 1 aliphatic carbocycles. The Morgan fingerprint density at radius 2 is 2.00 bits per heavy atom. The van der Waals surface area contributed by atoms with Crippen LogP contribution in [-0.4, -0.2) is 39.5 Å². The summed E-state index contributed by atoms with van der Waals surface area (Å²) < 4.78 is 5.02. The molecule has 0 aliphatic heterocycles. The zero-order valence-corrected chi connectivity index (χ0v) is 10.3. The molecule has 0 aromatic carbocycles. The molecule has 2 atom stereocenters. The van der Waals surface area contributed by atoms with Gasteiger partial charge >= 0.3 is 12.1 Å². The van der Waals surface area contributed by atoms with Gasteiger partial charge in [0, 0.05) is 0 Å². The van der Waals surface area contributed by atoms with Gasteiger partial charge in [0.15, 0.2) is 5.60 Å². The number of hydrogen-bond donors (Lipinski definition) is 3. The van der Waals surface area contributed by atoms with Crippen molar-refractivity contribution in [2.75, 3.05) is 0 Å². The van der Waals surface area contributed by atoms with Crippen LogP contribution in [0, 0.1) is 0 Å². The molecule has 0 spiro atoms. The van der Waals surface area contributed by atoms with Gasteiger partial charge in [-0.1, -0.05) is 0 Å². The molecule has 1 rings (SSSR count). The van der Waals surface area contributed by atoms with Gasteiger partial charge in [0.25, 0.3) is 0 Å². The molecule has 3 N–H and O–H groups in total. The van der Waals surface area contributed by atoms with E-state index < -0.39 is 29.3 Å². The van der Waals surface area contributed by atoms with Gasteiger partial charge in [-0.15, -0.1) is 0 Å². The smallest absolute Gasteiger partial charge is 0.407 e. The van der Waals surface area contributed by atoms with E-state index >= 15 is 0 Å². The Labute approximate surface area is 100.0 Å². The molecule has 1 saturated carbocycles. The van der Waals surface area contributed by atoms with Crippen molar-refractivity contribution < 1.29 is 24.5 Å². The summed E-state index contributed by atoms with van der Waals surface area (Å²) >= 11 is 0. The molecule has 98 valence electrons. The number of aliphatic hydroxyl groups is 1. The second-order valence-corrected chi connectivity index (χ2v) is 5.32. The number of carboxylic acid groups (broad SMARTS) is 1. The third-order valence-electron chi connectivity index (χ3n) is 2.69. The number of amides is 1. The summed E-state index contributed by atoms with van der Waals surface area (Å²) in [5.41, 5.74) is -2.53. The molecule has 0 aromatic heterocycles. The lowest BCUT2D eigenvalue weighted by atomic mass is 9.98. The fourth-order valence-electron chi connectivity index (χ4n) is 1.89. The van der Waals surface area contributed by atoms with Crippen molar-refractivity contribution in [2.24, 2.45) is 0 Å². The minimum Gasteiger partial charge on any atom is -0.479 e. The number of ether oxygens (including phenoxy) is 1. The summed E-state index contributed by atoms with van der Waals surface area (Å²) in [5.74, 6) is -1.31. The predicted octanol–water partition coefficient (Wildman–Crippen LogP) is 0.879. The Balaban J connectivity index is 2.63. The number of carboxylic acids is 1. The Hall–Kier alpha value is -1.30. The van der Waals surface area contributed by atoms with Gasteiger partial charge < -0.3 is 20.3 Å². The van der Waals surface area contributed by atoms with Crippen molar-refractivity contribution in [3.8, 4) is 0 Å². The fourth-order valence-corrected chi connectivity index (χ4v) is 1.89. The summed E-state index contributed by atoms with van der Waals surface area (Å²) in [7, 11) is 0. The lowest BCUT2D eigenvalue weighted by Crippen LogP contribution is -2.54. The van der Waals surface area contributed by atoms with Crippen LogP contribution < -0.4 is 5.32 Å². The number of rotatable bonds is 2. The van der Waals surface area contributed by atoms with Crippen molar-refractivity contribution in [1.82, 2.24) is 5.32 Å². The van der Waals surface area contributed by atoms with E-state index in [2.05, 4.69) is 5.32 Å². The largest absolute Gasteiger partial charge is 0.479 e. The second kappa shape index (κ2) is 4.52. The number of nitrogens with one attached hydrogen (secondary N) is 1. The average Bonchev–Trinajstić information content (AvgIpc) is 2.45. The molecule has 0 radical (unpaired) electrons. The summed E-state index contributed by atoms with van der Waals surface area (Å²) in [5, 5.41) is 21.3.